The Hall–Kier alpha value is -1.36. The van der Waals surface area contributed by atoms with Crippen LogP contribution in [0.5, 0.6) is 0 Å². The molecule has 0 aliphatic rings. The van der Waals surface area contributed by atoms with Crippen LogP contribution in [0, 0.1) is 0 Å². The number of nitrogens with one attached hydrogen (secondary N) is 1. The van der Waals surface area contributed by atoms with E-state index in [1.807, 2.05) is 5.43 Å². The summed E-state index contributed by atoms with van der Waals surface area (Å²) in [5.41, 5.74) is 7.18. The number of carbonyl (C=O) groups is 1. The van der Waals surface area contributed by atoms with Gasteiger partial charge in [0.2, 0.25) is 0 Å². The van der Waals surface area contributed by atoms with Crippen molar-refractivity contribution in [1.29, 1.82) is 0 Å². The van der Waals surface area contributed by atoms with E-state index in [4.69, 9.17) is 11.6 Å². The van der Waals surface area contributed by atoms with E-state index in [-0.39, 0.29) is 11.5 Å². The van der Waals surface area contributed by atoms with Crippen LogP contribution in [-0.4, -0.2) is 11.6 Å². The van der Waals surface area contributed by atoms with Crippen LogP contribution in [0.15, 0.2) is 17.4 Å². The average Bonchev–Trinajstić information content (AvgIpc) is 1.85. The van der Waals surface area contributed by atoms with Gasteiger partial charge in [0.15, 0.2) is 0 Å². The number of hydrogen-bond donors (Lipinski definition) is 3. The monoisotopic (exact) mass is 142 g/mol. The van der Waals surface area contributed by atoms with Crippen molar-refractivity contribution in [3.8, 4) is 0 Å². The number of amides is 1. The van der Waals surface area contributed by atoms with Crippen molar-refractivity contribution in [1.82, 2.24) is 5.43 Å². The molecule has 0 radical (unpaired) electrons. The molecule has 0 aliphatic carbocycles. The number of hydrogen-bond acceptors (Lipinski definition) is 4. The topological polar surface area (TPSA) is 93.5 Å². The zero-order chi connectivity index (χ0) is 8.15. The Balaban J connectivity index is 4.19. The minimum Gasteiger partial charge on any atom is -0.384 e. The molecule has 0 rings (SSSR count). The summed E-state index contributed by atoms with van der Waals surface area (Å²) < 4.78 is 0. The second-order valence-corrected chi connectivity index (χ2v) is 1.66. The van der Waals surface area contributed by atoms with Gasteiger partial charge in [0.1, 0.15) is 11.5 Å². The fourth-order valence-electron chi connectivity index (χ4n) is 0.371. The lowest BCUT2D eigenvalue weighted by atomic mass is 10.4. The molecule has 5 nitrogen and oxygen atoms in total. The van der Waals surface area contributed by atoms with Gasteiger partial charge in [0.25, 0.3) is 5.91 Å². The Kier molecular flexibility index (Phi) is 3.13. The molecule has 0 aromatic heterocycles. The minimum atomic E-state index is -0.466. The highest BCUT2D eigenvalue weighted by Gasteiger charge is 2.00. The largest absolute Gasteiger partial charge is 0.384 e. The summed E-state index contributed by atoms with van der Waals surface area (Å²) in [5, 5.41) is 0. The standard InChI is InChI=1S/C5H10N4O/c1-3(5(10)9-7)8-4(2)6/h2,6-7H2,1H3,(H,9,10). The highest BCUT2D eigenvalue weighted by Crippen LogP contribution is 1.82. The van der Waals surface area contributed by atoms with Crippen LogP contribution in [0.2, 0.25) is 0 Å². The quantitative estimate of drug-likeness (QED) is 0.197. The maximum absolute atomic E-state index is 10.6. The van der Waals surface area contributed by atoms with Crippen molar-refractivity contribution in [3.05, 3.63) is 12.4 Å². The number of aliphatic imine (C=N–C) groups is 1. The lowest BCUT2D eigenvalue weighted by Crippen LogP contribution is -2.35. The maximum Gasteiger partial charge on any atom is 0.279 e. The molecule has 0 aromatic carbocycles. The first kappa shape index (κ1) is 8.64. The van der Waals surface area contributed by atoms with Crippen LogP contribution < -0.4 is 17.0 Å². The number of rotatable bonds is 2. The molecule has 0 aromatic rings. The molecule has 10 heavy (non-hydrogen) atoms. The van der Waals surface area contributed by atoms with E-state index in [1.54, 1.807) is 0 Å². The molecule has 0 saturated carbocycles. The van der Waals surface area contributed by atoms with Gasteiger partial charge < -0.3 is 5.73 Å². The highest BCUT2D eigenvalue weighted by atomic mass is 16.2. The minimum absolute atomic E-state index is 0.0844. The SMILES string of the molecule is C=C(N)N=C(C)C(=O)NN. The molecule has 0 unspecified atom stereocenters. The van der Waals surface area contributed by atoms with Gasteiger partial charge in [-0.05, 0) is 6.92 Å². The molecule has 0 atom stereocenters. The summed E-state index contributed by atoms with van der Waals surface area (Å²) in [6.07, 6.45) is 0. The average molecular weight is 142 g/mol. The van der Waals surface area contributed by atoms with E-state index >= 15 is 0 Å². The molecule has 0 spiro atoms. The summed E-state index contributed by atoms with van der Waals surface area (Å²) in [4.78, 5) is 14.1. The van der Waals surface area contributed by atoms with E-state index in [1.165, 1.54) is 6.92 Å². The van der Waals surface area contributed by atoms with Gasteiger partial charge in [-0.3, -0.25) is 10.2 Å². The van der Waals surface area contributed by atoms with Crippen molar-refractivity contribution in [3.63, 3.8) is 0 Å². The fourth-order valence-corrected chi connectivity index (χ4v) is 0.371. The molecule has 0 saturated heterocycles. The predicted octanol–water partition coefficient (Wildman–Crippen LogP) is -1.13. The fraction of sp³-hybridized carbons (Fsp3) is 0.200. The molecule has 56 valence electrons. The summed E-state index contributed by atoms with van der Waals surface area (Å²) in [6, 6.07) is 0. The third kappa shape index (κ3) is 2.83. The molecule has 5 N–H and O–H groups in total. The first-order chi connectivity index (χ1) is 4.57. The van der Waals surface area contributed by atoms with E-state index in [9.17, 15) is 4.79 Å². The zero-order valence-corrected chi connectivity index (χ0v) is 5.72. The smallest absolute Gasteiger partial charge is 0.279 e. The van der Waals surface area contributed by atoms with Gasteiger partial charge in [-0.1, -0.05) is 6.58 Å². The van der Waals surface area contributed by atoms with Crippen molar-refractivity contribution in [2.45, 2.75) is 6.92 Å². The van der Waals surface area contributed by atoms with Crippen LogP contribution in [-0.2, 0) is 4.79 Å². The summed E-state index contributed by atoms with van der Waals surface area (Å²) in [7, 11) is 0. The normalized spacial score (nSPS) is 10.8. The molecule has 5 heteroatoms. The van der Waals surface area contributed by atoms with Gasteiger partial charge in [-0.2, -0.15) is 0 Å². The summed E-state index contributed by atoms with van der Waals surface area (Å²) in [5.74, 6) is 4.42. The number of nitrogens with two attached hydrogens (primary N) is 2. The lowest BCUT2D eigenvalue weighted by molar-refractivity contribution is -0.114. The van der Waals surface area contributed by atoms with Gasteiger partial charge in [0.05, 0.1) is 0 Å². The van der Waals surface area contributed by atoms with Crippen molar-refractivity contribution >= 4 is 11.6 Å². The Morgan fingerprint density at radius 3 is 2.50 bits per heavy atom. The van der Waals surface area contributed by atoms with E-state index in [0.29, 0.717) is 0 Å². The van der Waals surface area contributed by atoms with E-state index in [0.717, 1.165) is 0 Å². The van der Waals surface area contributed by atoms with Crippen LogP contribution in [0.1, 0.15) is 6.92 Å². The first-order valence-electron chi connectivity index (χ1n) is 2.58. The van der Waals surface area contributed by atoms with Crippen molar-refractivity contribution in [2.24, 2.45) is 16.6 Å². The Labute approximate surface area is 58.8 Å². The maximum atomic E-state index is 10.6. The summed E-state index contributed by atoms with van der Waals surface area (Å²) >= 11 is 0. The second kappa shape index (κ2) is 3.62. The molecule has 0 heterocycles. The van der Waals surface area contributed by atoms with Gasteiger partial charge in [-0.15, -0.1) is 0 Å². The van der Waals surface area contributed by atoms with Gasteiger partial charge in [-0.25, -0.2) is 10.8 Å². The molecule has 1 amide bonds. The third-order valence-corrected chi connectivity index (χ3v) is 0.771. The molecular formula is C5H10N4O. The molecule has 0 aliphatic heterocycles. The van der Waals surface area contributed by atoms with Gasteiger partial charge >= 0.3 is 0 Å². The summed E-state index contributed by atoms with van der Waals surface area (Å²) in [6.45, 7) is 4.77. The Morgan fingerprint density at radius 2 is 2.20 bits per heavy atom. The molecular weight excluding hydrogens is 132 g/mol. The predicted molar refractivity (Wildman–Crippen MR) is 38.8 cm³/mol. The first-order valence-corrected chi connectivity index (χ1v) is 2.58. The van der Waals surface area contributed by atoms with Crippen LogP contribution in [0.3, 0.4) is 0 Å². The third-order valence-electron chi connectivity index (χ3n) is 0.771. The Bertz CT molecular complexity index is 184. The van der Waals surface area contributed by atoms with E-state index < -0.39 is 5.91 Å². The number of nitrogens with zero attached hydrogens (tertiary/aromatic N) is 1. The van der Waals surface area contributed by atoms with Crippen LogP contribution in [0.4, 0.5) is 0 Å². The molecule has 0 fully saturated rings. The second-order valence-electron chi connectivity index (χ2n) is 1.66. The highest BCUT2D eigenvalue weighted by molar-refractivity contribution is 6.37. The zero-order valence-electron chi connectivity index (χ0n) is 5.72. The lowest BCUT2D eigenvalue weighted by Gasteiger charge is -1.96. The van der Waals surface area contributed by atoms with Crippen LogP contribution >= 0.6 is 0 Å². The molecule has 0 bridgehead atoms. The van der Waals surface area contributed by atoms with Crippen molar-refractivity contribution < 1.29 is 4.79 Å². The van der Waals surface area contributed by atoms with Gasteiger partial charge in [0, 0.05) is 0 Å². The van der Waals surface area contributed by atoms with Crippen LogP contribution in [0.25, 0.3) is 0 Å². The Morgan fingerprint density at radius 1 is 1.70 bits per heavy atom. The number of carbonyl (C=O) groups excluding carboxylic acids is 1. The number of hydrazine groups is 1. The van der Waals surface area contributed by atoms with Crippen molar-refractivity contribution in [2.75, 3.05) is 0 Å². The van der Waals surface area contributed by atoms with E-state index in [2.05, 4.69) is 11.6 Å².